The number of aryl methyl sites for hydroxylation is 1. The highest BCUT2D eigenvalue weighted by molar-refractivity contribution is 7.89. The van der Waals surface area contributed by atoms with Crippen LogP contribution in [-0.2, 0) is 10.0 Å². The van der Waals surface area contributed by atoms with E-state index >= 15 is 0 Å². The highest BCUT2D eigenvalue weighted by Gasteiger charge is 2.34. The number of nitrogen functional groups attached to an aromatic ring is 1. The van der Waals surface area contributed by atoms with E-state index in [1.807, 2.05) is 6.92 Å². The summed E-state index contributed by atoms with van der Waals surface area (Å²) in [6.45, 7) is 3.75. The second kappa shape index (κ2) is 4.55. The molecule has 3 N–H and O–H groups in total. The first-order chi connectivity index (χ1) is 8.32. The normalized spacial score (nSPS) is 19.0. The monoisotopic (exact) mass is 268 g/mol. The largest absolute Gasteiger partial charge is 0.399 e. The van der Waals surface area contributed by atoms with Crippen LogP contribution in [0.25, 0.3) is 0 Å². The molecule has 0 amide bonds. The Kier molecular flexibility index (Phi) is 3.38. The number of benzene rings is 1. The molecular weight excluding hydrogens is 248 g/mol. The topological polar surface area (TPSA) is 72.2 Å². The molecule has 0 radical (unpaired) electrons. The Bertz CT molecular complexity index is 546. The average molecular weight is 268 g/mol. The summed E-state index contributed by atoms with van der Waals surface area (Å²) in [6.07, 6.45) is 3.95. The Morgan fingerprint density at radius 2 is 1.89 bits per heavy atom. The van der Waals surface area contributed by atoms with Crippen molar-refractivity contribution in [1.29, 1.82) is 0 Å². The summed E-state index contributed by atoms with van der Waals surface area (Å²) in [5.41, 5.74) is 6.55. The Labute approximate surface area is 109 Å². The van der Waals surface area contributed by atoms with Crippen molar-refractivity contribution in [3.63, 3.8) is 0 Å². The SMILES string of the molecule is Cc1ccc(N)cc1S(=O)(=O)NC1(C)CCCC1. The third-order valence-electron chi connectivity index (χ3n) is 3.59. The molecule has 0 heterocycles. The molecule has 1 aromatic carbocycles. The predicted molar refractivity (Wildman–Crippen MR) is 72.8 cm³/mol. The van der Waals surface area contributed by atoms with Gasteiger partial charge in [0.2, 0.25) is 10.0 Å². The van der Waals surface area contributed by atoms with Gasteiger partial charge in [-0.05, 0) is 44.4 Å². The van der Waals surface area contributed by atoms with Crippen molar-refractivity contribution < 1.29 is 8.42 Å². The number of hydrogen-bond donors (Lipinski definition) is 2. The zero-order chi connectivity index (χ0) is 13.4. The lowest BCUT2D eigenvalue weighted by Crippen LogP contribution is -2.43. The van der Waals surface area contributed by atoms with Crippen molar-refractivity contribution in [3.05, 3.63) is 23.8 Å². The first-order valence-corrected chi connectivity index (χ1v) is 7.71. The van der Waals surface area contributed by atoms with Crippen LogP contribution in [0.5, 0.6) is 0 Å². The van der Waals surface area contributed by atoms with Gasteiger partial charge in [0.1, 0.15) is 0 Å². The van der Waals surface area contributed by atoms with Crippen LogP contribution in [0.15, 0.2) is 23.1 Å². The Morgan fingerprint density at radius 1 is 1.28 bits per heavy atom. The van der Waals surface area contributed by atoms with Gasteiger partial charge in [0.25, 0.3) is 0 Å². The van der Waals surface area contributed by atoms with Crippen molar-refractivity contribution in [2.45, 2.75) is 50.0 Å². The first kappa shape index (κ1) is 13.4. The molecule has 1 fully saturated rings. The molecule has 1 aliphatic carbocycles. The summed E-state index contributed by atoms with van der Waals surface area (Å²) in [6, 6.07) is 4.97. The van der Waals surface area contributed by atoms with Gasteiger partial charge in [-0.2, -0.15) is 0 Å². The zero-order valence-corrected chi connectivity index (χ0v) is 11.7. The number of hydrogen-bond acceptors (Lipinski definition) is 3. The number of nitrogens with one attached hydrogen (secondary N) is 1. The summed E-state index contributed by atoms with van der Waals surface area (Å²) < 4.78 is 27.6. The fourth-order valence-electron chi connectivity index (χ4n) is 2.54. The molecular formula is C13H20N2O2S. The third-order valence-corrected chi connectivity index (χ3v) is 5.37. The highest BCUT2D eigenvalue weighted by Crippen LogP contribution is 2.31. The first-order valence-electron chi connectivity index (χ1n) is 6.23. The lowest BCUT2D eigenvalue weighted by atomic mass is 10.0. The van der Waals surface area contributed by atoms with Crippen molar-refractivity contribution in [2.75, 3.05) is 5.73 Å². The molecule has 2 rings (SSSR count). The second-order valence-corrected chi connectivity index (χ2v) is 7.05. The van der Waals surface area contributed by atoms with Crippen LogP contribution in [0.3, 0.4) is 0 Å². The molecule has 0 atom stereocenters. The minimum absolute atomic E-state index is 0.288. The molecule has 5 heteroatoms. The van der Waals surface area contributed by atoms with Crippen LogP contribution in [0.4, 0.5) is 5.69 Å². The van der Waals surface area contributed by atoms with Gasteiger partial charge in [-0.15, -0.1) is 0 Å². The maximum atomic E-state index is 12.4. The summed E-state index contributed by atoms with van der Waals surface area (Å²) in [5.74, 6) is 0. The third kappa shape index (κ3) is 2.67. The van der Waals surface area contributed by atoms with Gasteiger partial charge >= 0.3 is 0 Å². The number of anilines is 1. The van der Waals surface area contributed by atoms with Crippen molar-refractivity contribution in [1.82, 2.24) is 4.72 Å². The van der Waals surface area contributed by atoms with E-state index in [0.29, 0.717) is 5.69 Å². The number of rotatable bonds is 3. The average Bonchev–Trinajstić information content (AvgIpc) is 2.67. The maximum absolute atomic E-state index is 12.4. The van der Waals surface area contributed by atoms with Gasteiger partial charge in [0.05, 0.1) is 4.90 Å². The van der Waals surface area contributed by atoms with E-state index in [9.17, 15) is 8.42 Å². The summed E-state index contributed by atoms with van der Waals surface area (Å²) in [5, 5.41) is 0. The van der Waals surface area contributed by atoms with E-state index in [1.165, 1.54) is 6.07 Å². The standard InChI is InChI=1S/C13H20N2O2S/c1-10-5-6-11(14)9-12(10)18(16,17)15-13(2)7-3-4-8-13/h5-6,9,15H,3-4,7-8,14H2,1-2H3. The van der Waals surface area contributed by atoms with Gasteiger partial charge in [0.15, 0.2) is 0 Å². The predicted octanol–water partition coefficient (Wildman–Crippen LogP) is 2.19. The molecule has 18 heavy (non-hydrogen) atoms. The van der Waals surface area contributed by atoms with Crippen molar-refractivity contribution in [2.24, 2.45) is 0 Å². The van der Waals surface area contributed by atoms with Gasteiger partial charge < -0.3 is 5.73 Å². The van der Waals surface area contributed by atoms with Gasteiger partial charge in [-0.1, -0.05) is 18.9 Å². The van der Waals surface area contributed by atoms with Gasteiger partial charge in [0, 0.05) is 11.2 Å². The molecule has 0 saturated heterocycles. The Balaban J connectivity index is 2.33. The van der Waals surface area contributed by atoms with E-state index in [-0.39, 0.29) is 10.4 Å². The Hall–Kier alpha value is -1.07. The van der Waals surface area contributed by atoms with Crippen LogP contribution in [0.1, 0.15) is 38.2 Å². The van der Waals surface area contributed by atoms with Crippen LogP contribution >= 0.6 is 0 Å². The van der Waals surface area contributed by atoms with E-state index in [1.54, 1.807) is 19.1 Å². The fraction of sp³-hybridized carbons (Fsp3) is 0.538. The molecule has 0 bridgehead atoms. The van der Waals surface area contributed by atoms with Gasteiger partial charge in [-0.3, -0.25) is 0 Å². The maximum Gasteiger partial charge on any atom is 0.241 e. The second-order valence-electron chi connectivity index (χ2n) is 5.40. The molecule has 4 nitrogen and oxygen atoms in total. The van der Waals surface area contributed by atoms with E-state index in [0.717, 1.165) is 31.2 Å². The summed E-state index contributed by atoms with van der Waals surface area (Å²) in [4.78, 5) is 0.288. The number of sulfonamides is 1. The highest BCUT2D eigenvalue weighted by atomic mass is 32.2. The molecule has 0 aromatic heterocycles. The Morgan fingerprint density at radius 3 is 2.50 bits per heavy atom. The fourth-order valence-corrected chi connectivity index (χ4v) is 4.29. The van der Waals surface area contributed by atoms with E-state index in [2.05, 4.69) is 4.72 Å². The minimum Gasteiger partial charge on any atom is -0.399 e. The molecule has 0 spiro atoms. The van der Waals surface area contributed by atoms with Crippen LogP contribution in [0, 0.1) is 6.92 Å². The lowest BCUT2D eigenvalue weighted by molar-refractivity contribution is 0.427. The van der Waals surface area contributed by atoms with Gasteiger partial charge in [-0.25, -0.2) is 13.1 Å². The van der Waals surface area contributed by atoms with Crippen LogP contribution < -0.4 is 10.5 Å². The molecule has 1 aliphatic rings. The molecule has 0 aliphatic heterocycles. The number of nitrogens with two attached hydrogens (primary N) is 1. The van der Waals surface area contributed by atoms with E-state index < -0.39 is 10.0 Å². The lowest BCUT2D eigenvalue weighted by Gasteiger charge is -2.25. The smallest absolute Gasteiger partial charge is 0.241 e. The molecule has 1 aromatic rings. The minimum atomic E-state index is -3.49. The summed E-state index contributed by atoms with van der Waals surface area (Å²) >= 11 is 0. The summed E-state index contributed by atoms with van der Waals surface area (Å²) in [7, 11) is -3.49. The van der Waals surface area contributed by atoms with Crippen LogP contribution in [-0.4, -0.2) is 14.0 Å². The quantitative estimate of drug-likeness (QED) is 0.825. The molecule has 0 unspecified atom stereocenters. The molecule has 1 saturated carbocycles. The van der Waals surface area contributed by atoms with Crippen LogP contribution in [0.2, 0.25) is 0 Å². The molecule has 100 valence electrons. The van der Waals surface area contributed by atoms with Crippen molar-refractivity contribution >= 4 is 15.7 Å². The van der Waals surface area contributed by atoms with Crippen molar-refractivity contribution in [3.8, 4) is 0 Å². The zero-order valence-electron chi connectivity index (χ0n) is 10.9. The van der Waals surface area contributed by atoms with E-state index in [4.69, 9.17) is 5.73 Å².